The number of halogens is 1. The second-order valence-corrected chi connectivity index (χ2v) is 12.1. The number of hydrogen-bond donors (Lipinski definition) is 3. The lowest BCUT2D eigenvalue weighted by Crippen LogP contribution is -2.55. The van der Waals surface area contributed by atoms with E-state index in [1.807, 2.05) is 20.8 Å². The molecular formula is C24H32BrN3O5S. The van der Waals surface area contributed by atoms with Gasteiger partial charge in [0.15, 0.2) is 0 Å². The number of fused-ring (bicyclic) bond motifs is 1. The molecule has 10 heteroatoms. The molecule has 0 aromatic heterocycles. The molecule has 4 rings (SSSR count). The second-order valence-electron chi connectivity index (χ2n) is 9.38. The molecule has 34 heavy (non-hydrogen) atoms. The van der Waals surface area contributed by atoms with Crippen molar-refractivity contribution in [2.24, 2.45) is 11.8 Å². The average Bonchev–Trinajstić information content (AvgIpc) is 3.36. The summed E-state index contributed by atoms with van der Waals surface area (Å²) < 4.78 is 4.79. The molecule has 3 saturated heterocycles. The summed E-state index contributed by atoms with van der Waals surface area (Å²) in [6.07, 6.45) is 1.02. The highest BCUT2D eigenvalue weighted by Crippen LogP contribution is 2.67. The number of thioether (sulfide) groups is 1. The number of rotatable bonds is 9. The van der Waals surface area contributed by atoms with Crippen molar-refractivity contribution in [1.82, 2.24) is 10.2 Å². The minimum absolute atomic E-state index is 0.0183. The van der Waals surface area contributed by atoms with Crippen molar-refractivity contribution < 1.29 is 24.2 Å². The Balaban J connectivity index is 1.63. The zero-order valence-corrected chi connectivity index (χ0v) is 22.0. The third-order valence-electron chi connectivity index (χ3n) is 6.76. The molecule has 0 saturated carbocycles. The van der Waals surface area contributed by atoms with Crippen molar-refractivity contribution in [2.75, 3.05) is 25.1 Å². The molecule has 3 amide bonds. The molecule has 3 N–H and O–H groups in total. The summed E-state index contributed by atoms with van der Waals surface area (Å²) in [7, 11) is 0. The molecule has 0 aliphatic carbocycles. The number of amides is 3. The quantitative estimate of drug-likeness (QED) is 0.405. The maximum atomic E-state index is 13.7. The van der Waals surface area contributed by atoms with Gasteiger partial charge in [-0.05, 0) is 57.9 Å². The summed E-state index contributed by atoms with van der Waals surface area (Å²) in [4.78, 5) is 42.2. The Labute approximate surface area is 212 Å². The van der Waals surface area contributed by atoms with Crippen LogP contribution in [0, 0.1) is 11.8 Å². The number of aliphatic hydroxyl groups excluding tert-OH is 1. The number of aliphatic hydroxyl groups is 1. The molecule has 3 aliphatic heterocycles. The number of ether oxygens (including phenoxy) is 1. The highest BCUT2D eigenvalue weighted by molar-refractivity contribution is 9.09. The fraction of sp³-hybridized carbons (Fsp3) is 0.625. The number of nitrogens with one attached hydrogen (secondary N) is 2. The van der Waals surface area contributed by atoms with Gasteiger partial charge in [-0.25, -0.2) is 0 Å². The number of hydrogen-bond acceptors (Lipinski definition) is 6. The van der Waals surface area contributed by atoms with Crippen molar-refractivity contribution in [3.63, 3.8) is 0 Å². The van der Waals surface area contributed by atoms with E-state index in [0.717, 1.165) is 5.75 Å². The molecule has 8 nitrogen and oxygen atoms in total. The van der Waals surface area contributed by atoms with E-state index in [2.05, 4.69) is 26.6 Å². The van der Waals surface area contributed by atoms with Crippen LogP contribution >= 0.6 is 27.7 Å². The number of benzene rings is 1. The molecule has 0 radical (unpaired) electrons. The molecule has 3 unspecified atom stereocenters. The topological polar surface area (TPSA) is 108 Å². The highest BCUT2D eigenvalue weighted by Gasteiger charge is 2.75. The van der Waals surface area contributed by atoms with Crippen LogP contribution in [0.2, 0.25) is 0 Å². The number of carbonyl (C=O) groups is 3. The Morgan fingerprint density at radius 2 is 2.00 bits per heavy atom. The van der Waals surface area contributed by atoms with Gasteiger partial charge >= 0.3 is 0 Å². The fourth-order valence-electron chi connectivity index (χ4n) is 5.60. The van der Waals surface area contributed by atoms with Crippen LogP contribution in [0.4, 0.5) is 5.69 Å². The van der Waals surface area contributed by atoms with Gasteiger partial charge in [0.2, 0.25) is 17.7 Å². The number of nitrogens with zero attached hydrogens (tertiary/aromatic N) is 1. The average molecular weight is 555 g/mol. The van der Waals surface area contributed by atoms with Crippen LogP contribution in [0.3, 0.4) is 0 Å². The van der Waals surface area contributed by atoms with Crippen molar-refractivity contribution in [3.05, 3.63) is 24.3 Å². The van der Waals surface area contributed by atoms with Crippen molar-refractivity contribution in [3.8, 4) is 5.75 Å². The maximum absolute atomic E-state index is 13.7. The molecule has 3 aliphatic rings. The van der Waals surface area contributed by atoms with E-state index < -0.39 is 22.6 Å². The van der Waals surface area contributed by atoms with Crippen LogP contribution in [-0.2, 0) is 14.4 Å². The number of anilines is 1. The lowest BCUT2D eigenvalue weighted by molar-refractivity contribution is -0.139. The third kappa shape index (κ3) is 4.33. The van der Waals surface area contributed by atoms with E-state index in [4.69, 9.17) is 4.74 Å². The van der Waals surface area contributed by atoms with E-state index in [-0.39, 0.29) is 47.0 Å². The standard InChI is InChI=1S/C24H32BrN3O5S/c1-4-33-15-8-6-14(7-9-15)27-21(30)17-18-23(32)28(10-5-11-29)20(22(31)26-13(2)3)24(18)12-16(25)19(17)34-24/h6-9,13,16-20,29H,4-5,10-12H2,1-3H3,(H,26,31)(H,27,30)/t16?,17-,18-,19-,20?,24?/m0/s1. The third-order valence-corrected chi connectivity index (χ3v) is 9.98. The van der Waals surface area contributed by atoms with E-state index in [1.165, 1.54) is 0 Å². The molecule has 3 fully saturated rings. The van der Waals surface area contributed by atoms with Crippen LogP contribution in [0.15, 0.2) is 24.3 Å². The summed E-state index contributed by atoms with van der Waals surface area (Å²) >= 11 is 5.35. The van der Waals surface area contributed by atoms with Gasteiger partial charge in [-0.15, -0.1) is 11.8 Å². The molecule has 1 spiro atoms. The van der Waals surface area contributed by atoms with Crippen molar-refractivity contribution >= 4 is 51.1 Å². The highest BCUT2D eigenvalue weighted by atomic mass is 79.9. The van der Waals surface area contributed by atoms with Gasteiger partial charge in [-0.2, -0.15) is 0 Å². The first-order valence-corrected chi connectivity index (χ1v) is 13.6. The lowest BCUT2D eigenvalue weighted by atomic mass is 9.70. The first kappa shape index (κ1) is 25.3. The molecule has 3 heterocycles. The Morgan fingerprint density at radius 3 is 2.62 bits per heavy atom. The summed E-state index contributed by atoms with van der Waals surface area (Å²) in [5.74, 6) is -0.989. The summed E-state index contributed by atoms with van der Waals surface area (Å²) in [5, 5.41) is 15.2. The van der Waals surface area contributed by atoms with Gasteiger partial charge in [-0.1, -0.05) is 15.9 Å². The van der Waals surface area contributed by atoms with E-state index in [0.29, 0.717) is 25.1 Å². The Kier molecular flexibility index (Phi) is 7.50. The van der Waals surface area contributed by atoms with Gasteiger partial charge in [0, 0.05) is 35.0 Å². The molecule has 186 valence electrons. The number of carbonyl (C=O) groups excluding carboxylic acids is 3. The van der Waals surface area contributed by atoms with Crippen LogP contribution in [0.25, 0.3) is 0 Å². The minimum Gasteiger partial charge on any atom is -0.494 e. The zero-order valence-electron chi connectivity index (χ0n) is 19.6. The van der Waals surface area contributed by atoms with Gasteiger partial charge in [-0.3, -0.25) is 14.4 Å². The van der Waals surface area contributed by atoms with Crippen LogP contribution in [0.1, 0.15) is 33.6 Å². The smallest absolute Gasteiger partial charge is 0.244 e. The number of likely N-dealkylation sites (tertiary alicyclic amines) is 1. The molecule has 1 aromatic rings. The van der Waals surface area contributed by atoms with E-state index in [9.17, 15) is 19.5 Å². The lowest BCUT2D eigenvalue weighted by Gasteiger charge is -2.35. The van der Waals surface area contributed by atoms with Gasteiger partial charge in [0.25, 0.3) is 0 Å². The fourth-order valence-corrected chi connectivity index (χ4v) is 9.21. The van der Waals surface area contributed by atoms with Gasteiger partial charge in [0.05, 0.1) is 23.2 Å². The second kappa shape index (κ2) is 10.1. The predicted molar refractivity (Wildman–Crippen MR) is 135 cm³/mol. The van der Waals surface area contributed by atoms with Crippen molar-refractivity contribution in [2.45, 2.75) is 60.5 Å². The molecule has 2 bridgehead atoms. The largest absolute Gasteiger partial charge is 0.494 e. The zero-order chi connectivity index (χ0) is 24.6. The Bertz CT molecular complexity index is 945. The molecule has 1 aromatic carbocycles. The van der Waals surface area contributed by atoms with Crippen LogP contribution in [-0.4, -0.2) is 74.4 Å². The molecular weight excluding hydrogens is 522 g/mol. The van der Waals surface area contributed by atoms with E-state index >= 15 is 0 Å². The summed E-state index contributed by atoms with van der Waals surface area (Å²) in [6, 6.07) is 6.43. The van der Waals surface area contributed by atoms with Crippen molar-refractivity contribution in [1.29, 1.82) is 0 Å². The van der Waals surface area contributed by atoms with Gasteiger partial charge in [0.1, 0.15) is 11.8 Å². The van der Waals surface area contributed by atoms with Crippen LogP contribution in [0.5, 0.6) is 5.75 Å². The monoisotopic (exact) mass is 553 g/mol. The van der Waals surface area contributed by atoms with E-state index in [1.54, 1.807) is 40.9 Å². The van der Waals surface area contributed by atoms with Gasteiger partial charge < -0.3 is 25.4 Å². The maximum Gasteiger partial charge on any atom is 0.244 e. The first-order chi connectivity index (χ1) is 16.2. The number of alkyl halides is 1. The molecule has 6 atom stereocenters. The first-order valence-electron chi connectivity index (χ1n) is 11.8. The minimum atomic E-state index is -0.675. The predicted octanol–water partition coefficient (Wildman–Crippen LogP) is 2.40. The Morgan fingerprint density at radius 1 is 1.29 bits per heavy atom. The summed E-state index contributed by atoms with van der Waals surface area (Å²) in [5.41, 5.74) is 0.637. The summed E-state index contributed by atoms with van der Waals surface area (Å²) in [6.45, 7) is 6.46. The SMILES string of the molecule is CCOc1ccc(NC(=O)[C@H]2[C@H]3C(=O)N(CCCO)C(C(=O)NC(C)C)C34CC(Br)[C@@H]2S4)cc1. The normalized spacial score (nSPS) is 31.6. The Hall–Kier alpha value is -1.78. The van der Waals surface area contributed by atoms with Crippen LogP contribution < -0.4 is 15.4 Å².